The lowest BCUT2D eigenvalue weighted by molar-refractivity contribution is -0.114. The molecule has 1 aromatic rings. The number of hydrogen-bond donors (Lipinski definition) is 3. The number of aromatic nitrogens is 3. The quantitative estimate of drug-likeness (QED) is 0.518. The number of anilines is 1. The summed E-state index contributed by atoms with van der Waals surface area (Å²) in [5.41, 5.74) is 0.328. The molecule has 0 aromatic carbocycles. The largest absolute Gasteiger partial charge is 0.493 e. The van der Waals surface area contributed by atoms with E-state index in [1.807, 2.05) is 0 Å². The van der Waals surface area contributed by atoms with Gasteiger partial charge in [-0.1, -0.05) is 0 Å². The molecule has 0 saturated carbocycles. The van der Waals surface area contributed by atoms with Gasteiger partial charge in [0.25, 0.3) is 0 Å². The monoisotopic (exact) mass is 223 g/mol. The molecule has 86 valence electrons. The molecule has 0 atom stereocenters. The van der Waals surface area contributed by atoms with Crippen molar-refractivity contribution in [2.75, 3.05) is 12.4 Å². The fourth-order valence-electron chi connectivity index (χ4n) is 1.02. The van der Waals surface area contributed by atoms with Crippen molar-refractivity contribution in [1.29, 1.82) is 5.41 Å². The number of H-pyrrole nitrogens is 1. The Balaban J connectivity index is 2.91. The molecule has 0 unspecified atom stereocenters. The van der Waals surface area contributed by atoms with Gasteiger partial charge in [0.2, 0.25) is 11.9 Å². The predicted molar refractivity (Wildman–Crippen MR) is 59.1 cm³/mol. The third kappa shape index (κ3) is 3.19. The minimum absolute atomic E-state index is 0.242. The second-order valence-electron chi connectivity index (χ2n) is 3.10. The summed E-state index contributed by atoms with van der Waals surface area (Å²) in [5, 5.41) is 17.2. The SMILES string of the molecule is CO/C(=C\C(C)=N)c1nnc(NC(C)=O)[nH]1. The molecule has 1 amide bonds. The van der Waals surface area contributed by atoms with E-state index in [1.54, 1.807) is 6.92 Å². The first-order valence-electron chi connectivity index (χ1n) is 4.54. The molecule has 1 aromatic heterocycles. The predicted octanol–water partition coefficient (Wildman–Crippen LogP) is 0.790. The summed E-state index contributed by atoms with van der Waals surface area (Å²) in [4.78, 5) is 13.5. The first kappa shape index (κ1) is 11.9. The normalized spacial score (nSPS) is 11.1. The second kappa shape index (κ2) is 5.06. The van der Waals surface area contributed by atoms with Crippen LogP contribution in [0.15, 0.2) is 6.08 Å². The third-order valence-corrected chi connectivity index (χ3v) is 1.58. The summed E-state index contributed by atoms with van der Waals surface area (Å²) in [6.45, 7) is 2.99. The van der Waals surface area contributed by atoms with Gasteiger partial charge in [0.15, 0.2) is 11.6 Å². The number of ether oxygens (including phenoxy) is 1. The minimum atomic E-state index is -0.242. The Kier molecular flexibility index (Phi) is 3.76. The molecule has 0 spiro atoms. The zero-order valence-corrected chi connectivity index (χ0v) is 9.29. The standard InChI is InChI=1S/C9H13N5O2/c1-5(10)4-7(16-3)8-12-9(14-13-8)11-6(2)15/h4,10H,1-3H3,(H2,11,12,13,14,15)/b7-4-,10-5?. The van der Waals surface area contributed by atoms with E-state index >= 15 is 0 Å². The number of carbonyl (C=O) groups is 1. The zero-order chi connectivity index (χ0) is 12.1. The van der Waals surface area contributed by atoms with E-state index in [1.165, 1.54) is 20.1 Å². The lowest BCUT2D eigenvalue weighted by Crippen LogP contribution is -2.07. The van der Waals surface area contributed by atoms with E-state index in [-0.39, 0.29) is 11.9 Å². The molecule has 16 heavy (non-hydrogen) atoms. The smallest absolute Gasteiger partial charge is 0.228 e. The van der Waals surface area contributed by atoms with Crippen molar-refractivity contribution in [3.05, 3.63) is 11.9 Å². The molecule has 1 heterocycles. The van der Waals surface area contributed by atoms with Crippen LogP contribution in [0.1, 0.15) is 19.7 Å². The minimum Gasteiger partial charge on any atom is -0.493 e. The molecule has 0 bridgehead atoms. The maximum absolute atomic E-state index is 10.8. The Labute approximate surface area is 92.4 Å². The fraction of sp³-hybridized carbons (Fsp3) is 0.333. The van der Waals surface area contributed by atoms with Crippen molar-refractivity contribution in [3.63, 3.8) is 0 Å². The van der Waals surface area contributed by atoms with E-state index in [4.69, 9.17) is 10.1 Å². The highest BCUT2D eigenvalue weighted by Crippen LogP contribution is 2.11. The molecular weight excluding hydrogens is 210 g/mol. The van der Waals surface area contributed by atoms with Gasteiger partial charge in [-0.25, -0.2) is 0 Å². The average molecular weight is 223 g/mol. The van der Waals surface area contributed by atoms with Crippen molar-refractivity contribution < 1.29 is 9.53 Å². The summed E-state index contributed by atoms with van der Waals surface area (Å²) in [7, 11) is 1.47. The molecule has 7 heteroatoms. The van der Waals surface area contributed by atoms with Crippen LogP contribution in [0.3, 0.4) is 0 Å². The fourth-order valence-corrected chi connectivity index (χ4v) is 1.02. The van der Waals surface area contributed by atoms with Crippen LogP contribution in [0.25, 0.3) is 5.76 Å². The van der Waals surface area contributed by atoms with E-state index in [9.17, 15) is 4.79 Å². The maximum atomic E-state index is 10.8. The highest BCUT2D eigenvalue weighted by Gasteiger charge is 2.09. The highest BCUT2D eigenvalue weighted by atomic mass is 16.5. The molecule has 0 radical (unpaired) electrons. The number of allylic oxidation sites excluding steroid dienone is 1. The lowest BCUT2D eigenvalue weighted by atomic mass is 10.3. The first-order valence-corrected chi connectivity index (χ1v) is 4.54. The molecule has 7 nitrogen and oxygen atoms in total. The number of nitrogens with zero attached hydrogens (tertiary/aromatic N) is 2. The summed E-state index contributed by atoms with van der Waals surface area (Å²) in [6.07, 6.45) is 1.50. The number of hydrogen-bond acceptors (Lipinski definition) is 5. The number of amides is 1. The van der Waals surface area contributed by atoms with Gasteiger partial charge in [-0.15, -0.1) is 10.2 Å². The van der Waals surface area contributed by atoms with Gasteiger partial charge in [0.05, 0.1) is 7.11 Å². The lowest BCUT2D eigenvalue weighted by Gasteiger charge is -2.00. The summed E-state index contributed by atoms with van der Waals surface area (Å²) in [6, 6.07) is 0. The average Bonchev–Trinajstić information content (AvgIpc) is 2.61. The van der Waals surface area contributed by atoms with Crippen LogP contribution in [0, 0.1) is 5.41 Å². The zero-order valence-electron chi connectivity index (χ0n) is 9.29. The number of methoxy groups -OCH3 is 1. The Morgan fingerprint density at radius 3 is 2.69 bits per heavy atom. The van der Waals surface area contributed by atoms with Gasteiger partial charge in [0, 0.05) is 18.7 Å². The molecule has 0 saturated heterocycles. The summed E-state index contributed by atoms with van der Waals surface area (Å²) < 4.78 is 5.04. The Morgan fingerprint density at radius 2 is 2.19 bits per heavy atom. The van der Waals surface area contributed by atoms with E-state index in [2.05, 4.69) is 20.5 Å². The van der Waals surface area contributed by atoms with Gasteiger partial charge in [-0.2, -0.15) is 0 Å². The van der Waals surface area contributed by atoms with E-state index < -0.39 is 0 Å². The number of carbonyl (C=O) groups excluding carboxylic acids is 1. The molecule has 3 N–H and O–H groups in total. The van der Waals surface area contributed by atoms with E-state index in [0.717, 1.165) is 0 Å². The third-order valence-electron chi connectivity index (χ3n) is 1.58. The van der Waals surface area contributed by atoms with Crippen molar-refractivity contribution >= 4 is 23.3 Å². The van der Waals surface area contributed by atoms with Crippen molar-refractivity contribution in [2.45, 2.75) is 13.8 Å². The van der Waals surface area contributed by atoms with Gasteiger partial charge < -0.3 is 15.1 Å². The van der Waals surface area contributed by atoms with Crippen LogP contribution in [-0.4, -0.2) is 33.9 Å². The van der Waals surface area contributed by atoms with Gasteiger partial charge in [0.1, 0.15) is 0 Å². The van der Waals surface area contributed by atoms with E-state index in [0.29, 0.717) is 17.3 Å². The number of rotatable bonds is 4. The molecule has 0 aliphatic rings. The topological polar surface area (TPSA) is 104 Å². The second-order valence-corrected chi connectivity index (χ2v) is 3.10. The van der Waals surface area contributed by atoms with Crippen molar-refractivity contribution in [3.8, 4) is 0 Å². The van der Waals surface area contributed by atoms with Crippen LogP contribution in [-0.2, 0) is 9.53 Å². The van der Waals surface area contributed by atoms with Crippen molar-refractivity contribution in [2.24, 2.45) is 0 Å². The van der Waals surface area contributed by atoms with Gasteiger partial charge in [-0.05, 0) is 6.92 Å². The van der Waals surface area contributed by atoms with Crippen LogP contribution in [0.2, 0.25) is 0 Å². The number of nitrogens with one attached hydrogen (secondary N) is 3. The molecule has 0 aliphatic carbocycles. The first-order chi connectivity index (χ1) is 7.52. The highest BCUT2D eigenvalue weighted by molar-refractivity contribution is 5.95. The summed E-state index contributed by atoms with van der Waals surface area (Å²) >= 11 is 0. The molecule has 0 fully saturated rings. The molecular formula is C9H13N5O2. The Hall–Kier alpha value is -2.18. The molecule has 0 aliphatic heterocycles. The maximum Gasteiger partial charge on any atom is 0.228 e. The summed E-state index contributed by atoms with van der Waals surface area (Å²) in [5.74, 6) is 0.747. The van der Waals surface area contributed by atoms with Gasteiger partial charge >= 0.3 is 0 Å². The van der Waals surface area contributed by atoms with Crippen LogP contribution >= 0.6 is 0 Å². The van der Waals surface area contributed by atoms with Crippen molar-refractivity contribution in [1.82, 2.24) is 15.2 Å². The number of aromatic amines is 1. The molecule has 1 rings (SSSR count). The van der Waals surface area contributed by atoms with Crippen LogP contribution in [0.4, 0.5) is 5.95 Å². The van der Waals surface area contributed by atoms with Crippen LogP contribution < -0.4 is 5.32 Å². The van der Waals surface area contributed by atoms with Crippen LogP contribution in [0.5, 0.6) is 0 Å². The Bertz CT molecular complexity index is 435. The van der Waals surface area contributed by atoms with Gasteiger partial charge in [-0.3, -0.25) is 10.1 Å². The Morgan fingerprint density at radius 1 is 1.50 bits per heavy atom.